The highest BCUT2D eigenvalue weighted by atomic mass is 28.4. The Hall–Kier alpha value is -5.42. The van der Waals surface area contributed by atoms with Gasteiger partial charge in [-0.25, -0.2) is 9.59 Å². The van der Waals surface area contributed by atoms with Crippen molar-refractivity contribution in [3.05, 3.63) is 123 Å². The number of carboxylic acids is 1. The van der Waals surface area contributed by atoms with Crippen molar-refractivity contribution in [2.75, 3.05) is 33.4 Å². The Balaban J connectivity index is 0.958. The second-order valence-electron chi connectivity index (χ2n) is 24.2. The van der Waals surface area contributed by atoms with Crippen LogP contribution < -0.4 is 31.9 Å². The Morgan fingerprint density at radius 2 is 1.24 bits per heavy atom. The molecule has 0 bridgehead atoms. The van der Waals surface area contributed by atoms with E-state index >= 15 is 0 Å². The zero-order valence-electron chi connectivity index (χ0n) is 48.6. The van der Waals surface area contributed by atoms with E-state index in [4.69, 9.17) is 23.1 Å². The summed E-state index contributed by atoms with van der Waals surface area (Å²) in [4.78, 5) is 66.2. The Morgan fingerprint density at radius 3 is 1.81 bits per heavy atom. The quantitative estimate of drug-likeness (QED) is 0.0253. The zero-order chi connectivity index (χ0) is 57.7. The molecule has 2 amide bonds. The number of fused-ring (bicyclic) bond motifs is 3. The highest BCUT2D eigenvalue weighted by molar-refractivity contribution is 6.74. The molecule has 4 aromatic rings. The molecule has 6 atom stereocenters. The minimum Gasteiger partial charge on any atom is -0.497 e. The number of hydrogen-bond donors (Lipinski definition) is 5. The van der Waals surface area contributed by atoms with Crippen LogP contribution in [-0.4, -0.2) is 118 Å². The molecular weight excluding hydrogens is 1040 g/mol. The van der Waals surface area contributed by atoms with Gasteiger partial charge in [0.15, 0.2) is 22.9 Å². The molecule has 1 aromatic heterocycles. The number of carbonyl (C=O) groups is 3. The lowest BCUT2D eigenvalue weighted by molar-refractivity contribution is -0.149. The van der Waals surface area contributed by atoms with Crippen LogP contribution in [0.15, 0.2) is 94.6 Å². The predicted molar refractivity (Wildman–Crippen MR) is 313 cm³/mol. The van der Waals surface area contributed by atoms with Gasteiger partial charge in [0.05, 0.1) is 13.7 Å². The summed E-state index contributed by atoms with van der Waals surface area (Å²) >= 11 is 0. The van der Waals surface area contributed by atoms with Gasteiger partial charge in [-0.1, -0.05) is 141 Å². The SMILES string of the molecule is COc1ccc(Cn2c(=O)ccn([C@@H]3O[C@H](C(O)[C@H](NCCCNC(=O)CCCCCCCCCCNC(=O)OCC4c5ccccc5-c5ccccc54)C(=O)O)[C@@H](O[Si](C)(C)C(C)(C)C)[C@H]3O[Si](C)(C)C(C)(C)C)c2=O)cc1. The standard InChI is InChI=1S/C60H89N5O12Si2/c1-59(2,3)78(8,9)76-53-52(75-55(54(53)77-79(10,11)60(4,5)6)64-38-34-49(67)65(58(64)72)39-41-30-32-42(73-7)33-31-41)51(68)50(56(69)70)62-37-24-36-61-48(66)29-18-16-14-12-13-15-17-23-35-63-57(71)74-40-47-45-27-21-19-25-43(45)44-26-20-22-28-46(44)47/h19-22,25-28,30-34,38,47,50-55,62,68H,12-18,23-24,29,35-37,39-40H2,1-11H3,(H,61,66)(H,63,71)(H,69,70)/t50-,51?,52+,53+,54+,55+/m0/s1. The number of nitrogens with one attached hydrogen (secondary N) is 3. The van der Waals surface area contributed by atoms with Crippen LogP contribution in [0.2, 0.25) is 36.3 Å². The van der Waals surface area contributed by atoms with Crippen LogP contribution >= 0.6 is 0 Å². The largest absolute Gasteiger partial charge is 0.497 e. The molecule has 2 heterocycles. The van der Waals surface area contributed by atoms with Crippen LogP contribution in [0.1, 0.15) is 135 Å². The summed E-state index contributed by atoms with van der Waals surface area (Å²) in [5.74, 6) is -0.731. The van der Waals surface area contributed by atoms with E-state index in [0.29, 0.717) is 43.9 Å². The molecule has 3 aromatic carbocycles. The summed E-state index contributed by atoms with van der Waals surface area (Å²) in [7, 11) is -3.89. The van der Waals surface area contributed by atoms with Crippen LogP contribution in [0.4, 0.5) is 4.79 Å². The van der Waals surface area contributed by atoms with E-state index in [1.807, 2.05) is 24.3 Å². The number of aliphatic carboxylic acids is 1. The molecule has 2 aliphatic rings. The third-order valence-corrected chi connectivity index (χ3v) is 25.4. The van der Waals surface area contributed by atoms with E-state index in [1.54, 1.807) is 31.4 Å². The summed E-state index contributed by atoms with van der Waals surface area (Å²) < 4.78 is 34.3. The fourth-order valence-corrected chi connectivity index (χ4v) is 12.3. The average molecular weight is 1130 g/mol. The van der Waals surface area contributed by atoms with Crippen LogP contribution in [0.3, 0.4) is 0 Å². The number of aliphatic hydroxyl groups is 1. The first kappa shape index (κ1) is 62.8. The molecule has 6 rings (SSSR count). The number of unbranched alkanes of at least 4 members (excludes halogenated alkanes) is 7. The molecule has 1 aliphatic heterocycles. The Kier molecular flexibility index (Phi) is 22.1. The fourth-order valence-electron chi connectivity index (χ4n) is 9.76. The molecule has 0 spiro atoms. The second-order valence-corrected chi connectivity index (χ2v) is 33.8. The van der Waals surface area contributed by atoms with E-state index in [0.717, 1.165) is 55.9 Å². The molecule has 1 aliphatic carbocycles. The van der Waals surface area contributed by atoms with Crippen molar-refractivity contribution in [1.82, 2.24) is 25.1 Å². The molecule has 19 heteroatoms. The number of nitrogens with zero attached hydrogens (tertiary/aromatic N) is 2. The van der Waals surface area contributed by atoms with Crippen LogP contribution in [-0.2, 0) is 34.5 Å². The van der Waals surface area contributed by atoms with Crippen molar-refractivity contribution < 1.29 is 47.7 Å². The van der Waals surface area contributed by atoms with Crippen molar-refractivity contribution in [3.63, 3.8) is 0 Å². The molecule has 0 radical (unpaired) electrons. The summed E-state index contributed by atoms with van der Waals surface area (Å²) in [6.45, 7) is 22.0. The van der Waals surface area contributed by atoms with Gasteiger partial charge in [0, 0.05) is 37.7 Å². The zero-order valence-corrected chi connectivity index (χ0v) is 50.6. The van der Waals surface area contributed by atoms with Crippen LogP contribution in [0.5, 0.6) is 5.75 Å². The third kappa shape index (κ3) is 16.4. The van der Waals surface area contributed by atoms with Gasteiger partial charge in [-0.2, -0.15) is 0 Å². The smallest absolute Gasteiger partial charge is 0.407 e. The van der Waals surface area contributed by atoms with E-state index in [-0.39, 0.29) is 41.1 Å². The Bertz CT molecular complexity index is 2720. The lowest BCUT2D eigenvalue weighted by atomic mass is 9.98. The number of rotatable bonds is 29. The number of ether oxygens (including phenoxy) is 3. The topological polar surface area (TPSA) is 218 Å². The summed E-state index contributed by atoms with van der Waals surface area (Å²) in [5, 5.41) is 31.1. The summed E-state index contributed by atoms with van der Waals surface area (Å²) in [5.41, 5.74) is 4.27. The highest BCUT2D eigenvalue weighted by Gasteiger charge is 2.57. The number of benzene rings is 3. The van der Waals surface area contributed by atoms with Crippen molar-refractivity contribution >= 4 is 34.6 Å². The molecule has 79 heavy (non-hydrogen) atoms. The van der Waals surface area contributed by atoms with Gasteiger partial charge in [0.25, 0.3) is 5.56 Å². The van der Waals surface area contributed by atoms with Crippen molar-refractivity contribution in [2.24, 2.45) is 0 Å². The first-order valence-corrected chi connectivity index (χ1v) is 34.1. The van der Waals surface area contributed by atoms with E-state index in [1.165, 1.54) is 39.1 Å². The summed E-state index contributed by atoms with van der Waals surface area (Å²) in [6.07, 6.45) is 3.40. The van der Waals surface area contributed by atoms with Gasteiger partial charge in [-0.15, -0.1) is 0 Å². The third-order valence-electron chi connectivity index (χ3n) is 16.5. The van der Waals surface area contributed by atoms with E-state index < -0.39 is 70.5 Å². The van der Waals surface area contributed by atoms with Gasteiger partial charge in [0.2, 0.25) is 5.91 Å². The maximum Gasteiger partial charge on any atom is 0.407 e. The maximum atomic E-state index is 14.5. The van der Waals surface area contributed by atoms with Gasteiger partial charge in [-0.05, 0) is 102 Å². The van der Waals surface area contributed by atoms with Crippen molar-refractivity contribution in [1.29, 1.82) is 0 Å². The Labute approximate surface area is 469 Å². The molecule has 5 N–H and O–H groups in total. The molecule has 434 valence electrons. The minimum atomic E-state index is -2.73. The number of alkyl carbamates (subject to hydrolysis) is 1. The lowest BCUT2D eigenvalue weighted by Gasteiger charge is -2.44. The number of amides is 2. The molecule has 1 fully saturated rings. The Morgan fingerprint density at radius 1 is 0.696 bits per heavy atom. The van der Waals surface area contributed by atoms with E-state index in [9.17, 15) is 34.2 Å². The maximum absolute atomic E-state index is 14.5. The number of methoxy groups -OCH3 is 1. The number of aliphatic hydroxyl groups excluding tert-OH is 1. The van der Waals surface area contributed by atoms with Gasteiger partial charge in [-0.3, -0.25) is 23.5 Å². The number of aromatic nitrogens is 2. The average Bonchev–Trinajstić information content (AvgIpc) is 3.92. The first-order valence-electron chi connectivity index (χ1n) is 28.3. The van der Waals surface area contributed by atoms with Crippen LogP contribution in [0.25, 0.3) is 11.1 Å². The monoisotopic (exact) mass is 1130 g/mol. The molecule has 1 saturated heterocycles. The molecule has 1 unspecified atom stereocenters. The first-order chi connectivity index (χ1) is 37.3. The fraction of sp³-hybridized carbons (Fsp3) is 0.583. The normalized spacial score (nSPS) is 18.4. The van der Waals surface area contributed by atoms with E-state index in [2.05, 4.69) is 108 Å². The number of hydrogen-bond acceptors (Lipinski definition) is 12. The predicted octanol–water partition coefficient (Wildman–Crippen LogP) is 9.70. The number of carbonyl (C=O) groups excluding carboxylic acids is 2. The summed E-state index contributed by atoms with van der Waals surface area (Å²) in [6, 6.07) is 23.4. The van der Waals surface area contributed by atoms with Gasteiger partial charge < -0.3 is 49.2 Å². The lowest BCUT2D eigenvalue weighted by Crippen LogP contribution is -2.59. The molecule has 0 saturated carbocycles. The van der Waals surface area contributed by atoms with Crippen LogP contribution in [0, 0.1) is 0 Å². The van der Waals surface area contributed by atoms with Gasteiger partial charge in [0.1, 0.15) is 42.8 Å². The van der Waals surface area contributed by atoms with Gasteiger partial charge >= 0.3 is 17.8 Å². The van der Waals surface area contributed by atoms with Crippen molar-refractivity contribution in [3.8, 4) is 16.9 Å². The van der Waals surface area contributed by atoms with Crippen molar-refractivity contribution in [2.45, 2.75) is 191 Å². The highest BCUT2D eigenvalue weighted by Crippen LogP contribution is 2.47. The second kappa shape index (κ2) is 27.8. The molecule has 17 nitrogen and oxygen atoms in total. The number of carboxylic acid groups (broad SMARTS) is 1. The molecular formula is C60H89N5O12Si2. The minimum absolute atomic E-state index is 0.0347.